The summed E-state index contributed by atoms with van der Waals surface area (Å²) in [5.74, 6) is 0.0277. The Kier molecular flexibility index (Phi) is 6.19. The zero-order valence-electron chi connectivity index (χ0n) is 16.8. The van der Waals surface area contributed by atoms with Crippen molar-refractivity contribution in [3.05, 3.63) is 29.8 Å². The molecular formula is C22H33N3O3. The Morgan fingerprint density at radius 3 is 2.82 bits per heavy atom. The lowest BCUT2D eigenvalue weighted by atomic mass is 9.85. The number of anilines is 1. The number of benzene rings is 1. The Labute approximate surface area is 167 Å². The van der Waals surface area contributed by atoms with Crippen molar-refractivity contribution >= 4 is 11.7 Å². The quantitative estimate of drug-likeness (QED) is 0.678. The van der Waals surface area contributed by atoms with E-state index in [1.165, 1.54) is 24.1 Å². The number of ether oxygens (including phenoxy) is 1. The largest absolute Gasteiger partial charge is 0.480 e. The fourth-order valence-corrected chi connectivity index (χ4v) is 4.46. The monoisotopic (exact) mass is 387 g/mol. The minimum Gasteiger partial charge on any atom is -0.480 e. The molecule has 1 aromatic rings. The first-order valence-corrected chi connectivity index (χ1v) is 10.7. The molecule has 154 valence electrons. The second kappa shape index (κ2) is 8.80. The highest BCUT2D eigenvalue weighted by Gasteiger charge is 2.37. The van der Waals surface area contributed by atoms with Crippen molar-refractivity contribution in [3.63, 3.8) is 0 Å². The van der Waals surface area contributed by atoms with Gasteiger partial charge in [0, 0.05) is 44.0 Å². The summed E-state index contributed by atoms with van der Waals surface area (Å²) in [6, 6.07) is 9.55. The van der Waals surface area contributed by atoms with Gasteiger partial charge in [0.05, 0.1) is 19.3 Å². The Bertz CT molecular complexity index is 673. The van der Waals surface area contributed by atoms with E-state index in [1.807, 2.05) is 0 Å². The smallest absolute Gasteiger partial charge is 0.317 e. The Balaban J connectivity index is 1.28. The van der Waals surface area contributed by atoms with Gasteiger partial charge in [0.15, 0.2) is 0 Å². The molecule has 0 aromatic heterocycles. The van der Waals surface area contributed by atoms with Gasteiger partial charge in [-0.15, -0.1) is 0 Å². The minimum atomic E-state index is -0.703. The lowest BCUT2D eigenvalue weighted by molar-refractivity contribution is -0.139. The number of rotatable bonds is 9. The fraction of sp³-hybridized carbons (Fsp3) is 0.682. The van der Waals surface area contributed by atoms with E-state index in [-0.39, 0.29) is 12.6 Å². The number of para-hydroxylation sites is 1. The van der Waals surface area contributed by atoms with E-state index < -0.39 is 5.97 Å². The summed E-state index contributed by atoms with van der Waals surface area (Å²) in [7, 11) is 0. The number of carboxylic acids is 1. The number of hydrogen-bond donors (Lipinski definition) is 2. The van der Waals surface area contributed by atoms with Crippen LogP contribution in [0.2, 0.25) is 0 Å². The van der Waals surface area contributed by atoms with Gasteiger partial charge in [-0.3, -0.25) is 9.69 Å². The molecule has 1 atom stereocenters. The van der Waals surface area contributed by atoms with Gasteiger partial charge in [-0.05, 0) is 50.2 Å². The molecule has 3 fully saturated rings. The molecule has 0 spiro atoms. The summed E-state index contributed by atoms with van der Waals surface area (Å²) in [5.41, 5.74) is 2.64. The molecule has 1 aliphatic heterocycles. The minimum absolute atomic E-state index is 0.186. The number of morpholine rings is 1. The van der Waals surface area contributed by atoms with Gasteiger partial charge in [-0.25, -0.2) is 0 Å². The Morgan fingerprint density at radius 1 is 1.32 bits per heavy atom. The van der Waals surface area contributed by atoms with Crippen molar-refractivity contribution in [2.75, 3.05) is 37.7 Å². The lowest BCUT2D eigenvalue weighted by Gasteiger charge is -2.43. The number of carboxylic acid groups (broad SMARTS) is 1. The molecule has 6 nitrogen and oxygen atoms in total. The van der Waals surface area contributed by atoms with Gasteiger partial charge >= 0.3 is 5.97 Å². The number of nitrogens with zero attached hydrogens (tertiary/aromatic N) is 2. The standard InChI is InChI=1S/C22H33N3O3/c1-16-13-24(8-9-28-16)21-5-3-2-4-18(21)12-23-19-10-20(11-19)25(15-22(26)27)14-17-6-7-17/h2-5,16-17,19-20,23H,6-15H2,1H3,(H,26,27). The molecular weight excluding hydrogens is 354 g/mol. The third-order valence-corrected chi connectivity index (χ3v) is 6.31. The predicted molar refractivity (Wildman–Crippen MR) is 110 cm³/mol. The van der Waals surface area contributed by atoms with Crippen LogP contribution in [0.3, 0.4) is 0 Å². The van der Waals surface area contributed by atoms with E-state index in [2.05, 4.69) is 46.3 Å². The molecule has 28 heavy (non-hydrogen) atoms. The molecule has 1 aromatic carbocycles. The highest BCUT2D eigenvalue weighted by atomic mass is 16.5. The van der Waals surface area contributed by atoms with Crippen molar-refractivity contribution < 1.29 is 14.6 Å². The number of aliphatic carboxylic acids is 1. The average Bonchev–Trinajstić information content (AvgIpc) is 3.44. The molecule has 0 amide bonds. The Hall–Kier alpha value is -1.63. The highest BCUT2D eigenvalue weighted by molar-refractivity contribution is 5.69. The number of hydrogen-bond acceptors (Lipinski definition) is 5. The van der Waals surface area contributed by atoms with Crippen LogP contribution in [0.1, 0.15) is 38.2 Å². The summed E-state index contributed by atoms with van der Waals surface area (Å²) < 4.78 is 5.68. The van der Waals surface area contributed by atoms with E-state index >= 15 is 0 Å². The molecule has 3 aliphatic rings. The molecule has 6 heteroatoms. The molecule has 1 unspecified atom stereocenters. The van der Waals surface area contributed by atoms with Gasteiger partial charge in [0.1, 0.15) is 0 Å². The maximum absolute atomic E-state index is 11.2. The second-order valence-corrected chi connectivity index (χ2v) is 8.73. The topological polar surface area (TPSA) is 65.0 Å². The normalized spacial score (nSPS) is 27.6. The third-order valence-electron chi connectivity index (χ3n) is 6.31. The van der Waals surface area contributed by atoms with Gasteiger partial charge in [0.25, 0.3) is 0 Å². The lowest BCUT2D eigenvalue weighted by Crippen LogP contribution is -2.54. The summed E-state index contributed by atoms with van der Waals surface area (Å²) in [6.45, 7) is 6.81. The molecule has 2 saturated carbocycles. The van der Waals surface area contributed by atoms with E-state index in [4.69, 9.17) is 4.74 Å². The number of carbonyl (C=O) groups is 1. The fourth-order valence-electron chi connectivity index (χ4n) is 4.46. The first-order chi connectivity index (χ1) is 13.6. The van der Waals surface area contributed by atoms with Crippen LogP contribution < -0.4 is 10.2 Å². The molecule has 0 bridgehead atoms. The third kappa shape index (κ3) is 5.04. The molecule has 1 saturated heterocycles. The van der Waals surface area contributed by atoms with Crippen LogP contribution in [0, 0.1) is 5.92 Å². The van der Waals surface area contributed by atoms with Gasteiger partial charge in [0.2, 0.25) is 0 Å². The maximum Gasteiger partial charge on any atom is 0.317 e. The van der Waals surface area contributed by atoms with E-state index in [9.17, 15) is 9.90 Å². The molecule has 1 heterocycles. The van der Waals surface area contributed by atoms with E-state index in [0.29, 0.717) is 12.1 Å². The predicted octanol–water partition coefficient (Wildman–Crippen LogP) is 2.33. The SMILES string of the molecule is CC1CN(c2ccccc2CNC2CC(N(CC(=O)O)CC3CC3)C2)CCO1. The van der Waals surface area contributed by atoms with E-state index in [1.54, 1.807) is 0 Å². The van der Waals surface area contributed by atoms with Crippen molar-refractivity contribution in [2.24, 2.45) is 5.92 Å². The van der Waals surface area contributed by atoms with Crippen LogP contribution in [0.15, 0.2) is 24.3 Å². The summed E-state index contributed by atoms with van der Waals surface area (Å²) in [4.78, 5) is 15.8. The Morgan fingerprint density at radius 2 is 2.11 bits per heavy atom. The molecule has 0 radical (unpaired) electrons. The summed E-state index contributed by atoms with van der Waals surface area (Å²) in [6.07, 6.45) is 4.91. The maximum atomic E-state index is 11.2. The van der Waals surface area contributed by atoms with Crippen LogP contribution >= 0.6 is 0 Å². The zero-order chi connectivity index (χ0) is 19.5. The van der Waals surface area contributed by atoms with Gasteiger partial charge in [-0.2, -0.15) is 0 Å². The summed E-state index contributed by atoms with van der Waals surface area (Å²) in [5, 5.41) is 12.9. The average molecular weight is 388 g/mol. The molecule has 2 N–H and O–H groups in total. The molecule has 4 rings (SSSR count). The first kappa shape index (κ1) is 19.7. The van der Waals surface area contributed by atoms with Crippen molar-refractivity contribution in [3.8, 4) is 0 Å². The van der Waals surface area contributed by atoms with Gasteiger partial charge in [-0.1, -0.05) is 18.2 Å². The van der Waals surface area contributed by atoms with Crippen LogP contribution in [0.5, 0.6) is 0 Å². The van der Waals surface area contributed by atoms with E-state index in [0.717, 1.165) is 51.5 Å². The van der Waals surface area contributed by atoms with Gasteiger partial charge < -0.3 is 20.1 Å². The van der Waals surface area contributed by atoms with Crippen LogP contribution in [0.25, 0.3) is 0 Å². The summed E-state index contributed by atoms with van der Waals surface area (Å²) >= 11 is 0. The van der Waals surface area contributed by atoms with Crippen molar-refractivity contribution in [1.29, 1.82) is 0 Å². The van der Waals surface area contributed by atoms with Crippen LogP contribution in [0.4, 0.5) is 5.69 Å². The molecule has 2 aliphatic carbocycles. The van der Waals surface area contributed by atoms with Crippen LogP contribution in [-0.4, -0.2) is 66.9 Å². The second-order valence-electron chi connectivity index (χ2n) is 8.73. The van der Waals surface area contributed by atoms with Crippen LogP contribution in [-0.2, 0) is 16.1 Å². The van der Waals surface area contributed by atoms with Crippen molar-refractivity contribution in [2.45, 2.75) is 57.3 Å². The van der Waals surface area contributed by atoms with Crippen molar-refractivity contribution in [1.82, 2.24) is 10.2 Å². The first-order valence-electron chi connectivity index (χ1n) is 10.7. The highest BCUT2D eigenvalue weighted by Crippen LogP contribution is 2.34. The number of nitrogens with one attached hydrogen (secondary N) is 1. The zero-order valence-corrected chi connectivity index (χ0v) is 16.8.